The van der Waals surface area contributed by atoms with E-state index in [1.165, 1.54) is 18.9 Å². The van der Waals surface area contributed by atoms with Crippen molar-refractivity contribution in [3.05, 3.63) is 78.1 Å². The zero-order chi connectivity index (χ0) is 22.7. The van der Waals surface area contributed by atoms with Crippen LogP contribution in [-0.2, 0) is 25.7 Å². The Balaban J connectivity index is 1.76. The minimum Gasteiger partial charge on any atom is -0.464 e. The van der Waals surface area contributed by atoms with Gasteiger partial charge in [-0.3, -0.25) is 19.3 Å². The maximum atomic E-state index is 12.7. The molecule has 0 spiro atoms. The van der Waals surface area contributed by atoms with Crippen LogP contribution in [0.2, 0.25) is 0 Å². The average Bonchev–Trinajstić information content (AvgIpc) is 3.08. The number of rotatable bonds is 6. The second-order valence-corrected chi connectivity index (χ2v) is 6.89. The van der Waals surface area contributed by atoms with Crippen molar-refractivity contribution in [2.75, 3.05) is 12.4 Å². The fourth-order valence-electron chi connectivity index (χ4n) is 3.17. The van der Waals surface area contributed by atoms with Crippen molar-refractivity contribution in [2.24, 2.45) is 0 Å². The van der Waals surface area contributed by atoms with E-state index < -0.39 is 11.9 Å². The Hall–Kier alpha value is -4.20. The number of esters is 1. The lowest BCUT2D eigenvalue weighted by molar-refractivity contribution is -0.137. The largest absolute Gasteiger partial charge is 0.464 e. The maximum absolute atomic E-state index is 12.7. The molecule has 0 aliphatic carbocycles. The van der Waals surface area contributed by atoms with Crippen LogP contribution in [0.25, 0.3) is 11.1 Å². The summed E-state index contributed by atoms with van der Waals surface area (Å²) in [7, 11) is 1.17. The molecular formula is C23H21N3O5. The molecule has 0 unspecified atom stereocenters. The van der Waals surface area contributed by atoms with E-state index >= 15 is 0 Å². The molecule has 0 aromatic heterocycles. The van der Waals surface area contributed by atoms with Gasteiger partial charge < -0.3 is 15.4 Å². The molecule has 31 heavy (non-hydrogen) atoms. The van der Waals surface area contributed by atoms with Gasteiger partial charge in [0.25, 0.3) is 11.8 Å². The summed E-state index contributed by atoms with van der Waals surface area (Å²) < 4.78 is 4.49. The van der Waals surface area contributed by atoms with Gasteiger partial charge in [-0.2, -0.15) is 0 Å². The predicted octanol–water partition coefficient (Wildman–Crippen LogP) is 2.58. The molecule has 0 fully saturated rings. The summed E-state index contributed by atoms with van der Waals surface area (Å²) in [6.45, 7) is 8.72. The quantitative estimate of drug-likeness (QED) is 0.553. The first-order valence-electron chi connectivity index (χ1n) is 9.31. The van der Waals surface area contributed by atoms with Crippen LogP contribution in [0.4, 0.5) is 5.69 Å². The lowest BCUT2D eigenvalue weighted by Gasteiger charge is -2.18. The van der Waals surface area contributed by atoms with Gasteiger partial charge in [-0.1, -0.05) is 31.4 Å². The minimum absolute atomic E-state index is 0.104. The van der Waals surface area contributed by atoms with Crippen LogP contribution in [0.3, 0.4) is 0 Å². The van der Waals surface area contributed by atoms with Gasteiger partial charge in [0.2, 0.25) is 5.91 Å². The Labute approximate surface area is 179 Å². The molecule has 2 N–H and O–H groups in total. The first kappa shape index (κ1) is 21.5. The molecule has 1 heterocycles. The third-order valence-electron chi connectivity index (χ3n) is 4.73. The maximum Gasteiger partial charge on any atom is 0.353 e. The van der Waals surface area contributed by atoms with E-state index in [-0.39, 0.29) is 29.8 Å². The highest BCUT2D eigenvalue weighted by molar-refractivity contribution is 6.07. The molecule has 3 amide bonds. The highest BCUT2D eigenvalue weighted by Crippen LogP contribution is 2.30. The number of hydrogen-bond acceptors (Lipinski definition) is 5. The van der Waals surface area contributed by atoms with Gasteiger partial charge in [0, 0.05) is 18.2 Å². The van der Waals surface area contributed by atoms with Crippen LogP contribution in [0.5, 0.6) is 0 Å². The summed E-state index contributed by atoms with van der Waals surface area (Å²) in [4.78, 5) is 48.9. The van der Waals surface area contributed by atoms with Gasteiger partial charge in [-0.15, -0.1) is 0 Å². The van der Waals surface area contributed by atoms with Crippen LogP contribution in [0.15, 0.2) is 67.0 Å². The SMILES string of the molecule is C=C(NC(=O)C(=C)N1Cc2cc(-c3ccc(NC(C)=O)cc3)ccc2C1=O)C(=O)OC. The summed E-state index contributed by atoms with van der Waals surface area (Å²) >= 11 is 0. The zero-order valence-electron chi connectivity index (χ0n) is 17.2. The van der Waals surface area contributed by atoms with Crippen molar-refractivity contribution in [1.29, 1.82) is 0 Å². The molecule has 0 saturated carbocycles. The Morgan fingerprint density at radius 2 is 1.68 bits per heavy atom. The van der Waals surface area contributed by atoms with Crippen molar-refractivity contribution < 1.29 is 23.9 Å². The normalized spacial score (nSPS) is 12.1. The molecule has 2 aromatic carbocycles. The first-order valence-corrected chi connectivity index (χ1v) is 9.31. The number of methoxy groups -OCH3 is 1. The van der Waals surface area contributed by atoms with E-state index in [4.69, 9.17) is 0 Å². The van der Waals surface area contributed by atoms with E-state index in [1.54, 1.807) is 18.2 Å². The van der Waals surface area contributed by atoms with Crippen LogP contribution >= 0.6 is 0 Å². The smallest absolute Gasteiger partial charge is 0.353 e. The Kier molecular flexibility index (Phi) is 6.01. The number of amides is 3. The van der Waals surface area contributed by atoms with Gasteiger partial charge in [0.15, 0.2) is 0 Å². The monoisotopic (exact) mass is 419 g/mol. The molecule has 8 heteroatoms. The first-order chi connectivity index (χ1) is 14.7. The van der Waals surface area contributed by atoms with Crippen LogP contribution in [0.1, 0.15) is 22.8 Å². The summed E-state index contributed by atoms with van der Waals surface area (Å²) in [5.74, 6) is -2.01. The summed E-state index contributed by atoms with van der Waals surface area (Å²) in [5.41, 5.74) is 3.35. The highest BCUT2D eigenvalue weighted by atomic mass is 16.5. The number of benzene rings is 2. The van der Waals surface area contributed by atoms with Gasteiger partial charge in [-0.25, -0.2) is 4.79 Å². The van der Waals surface area contributed by atoms with Crippen molar-refractivity contribution >= 4 is 29.4 Å². The number of carbonyl (C=O) groups is 4. The van der Waals surface area contributed by atoms with Gasteiger partial charge in [0.05, 0.1) is 13.7 Å². The molecular weight excluding hydrogens is 398 g/mol. The van der Waals surface area contributed by atoms with Crippen LogP contribution < -0.4 is 10.6 Å². The molecule has 0 radical (unpaired) electrons. The van der Waals surface area contributed by atoms with Crippen LogP contribution in [-0.4, -0.2) is 35.7 Å². The number of ether oxygens (including phenoxy) is 1. The third kappa shape index (κ3) is 4.53. The topological polar surface area (TPSA) is 105 Å². The molecule has 8 nitrogen and oxygen atoms in total. The molecule has 1 aliphatic rings. The molecule has 158 valence electrons. The molecule has 3 rings (SSSR count). The van der Waals surface area contributed by atoms with Gasteiger partial charge >= 0.3 is 5.97 Å². The third-order valence-corrected chi connectivity index (χ3v) is 4.73. The minimum atomic E-state index is -0.786. The Morgan fingerprint density at radius 1 is 1.03 bits per heavy atom. The standard InChI is InChI=1S/C23H21N3O5/c1-13(23(30)31-4)24-21(28)14(2)26-12-18-11-17(7-10-20(18)22(26)29)16-5-8-19(9-6-16)25-15(3)27/h5-11H,1-2,12H2,3-4H3,(H,24,28)(H,25,27). The van der Waals surface area contributed by atoms with Gasteiger partial charge in [-0.05, 0) is 41.0 Å². The van der Waals surface area contributed by atoms with E-state index in [0.717, 1.165) is 16.7 Å². The van der Waals surface area contributed by atoms with Gasteiger partial charge in [0.1, 0.15) is 11.4 Å². The lowest BCUT2D eigenvalue weighted by atomic mass is 10.0. The Morgan fingerprint density at radius 3 is 2.29 bits per heavy atom. The van der Waals surface area contributed by atoms with Crippen LogP contribution in [0, 0.1) is 0 Å². The van der Waals surface area contributed by atoms with Crippen molar-refractivity contribution in [3.63, 3.8) is 0 Å². The van der Waals surface area contributed by atoms with E-state index in [9.17, 15) is 19.2 Å². The molecule has 0 saturated heterocycles. The van der Waals surface area contributed by atoms with E-state index in [1.807, 2.05) is 24.3 Å². The highest BCUT2D eigenvalue weighted by Gasteiger charge is 2.32. The molecule has 2 aromatic rings. The Bertz CT molecular complexity index is 1120. The average molecular weight is 419 g/mol. The van der Waals surface area contributed by atoms with E-state index in [2.05, 4.69) is 28.5 Å². The predicted molar refractivity (Wildman–Crippen MR) is 114 cm³/mol. The fraction of sp³-hybridized carbons (Fsp3) is 0.130. The second-order valence-electron chi connectivity index (χ2n) is 6.89. The number of hydrogen-bond donors (Lipinski definition) is 2. The van der Waals surface area contributed by atoms with Crippen molar-refractivity contribution in [1.82, 2.24) is 10.2 Å². The molecule has 0 bridgehead atoms. The van der Waals surface area contributed by atoms with E-state index in [0.29, 0.717) is 11.3 Å². The van der Waals surface area contributed by atoms with Crippen molar-refractivity contribution in [3.8, 4) is 11.1 Å². The summed E-state index contributed by atoms with van der Waals surface area (Å²) in [5, 5.41) is 4.99. The lowest BCUT2D eigenvalue weighted by Crippen LogP contribution is -2.36. The number of fused-ring (bicyclic) bond motifs is 1. The molecule has 1 aliphatic heterocycles. The number of nitrogens with one attached hydrogen (secondary N) is 2. The van der Waals surface area contributed by atoms with Crippen molar-refractivity contribution in [2.45, 2.75) is 13.5 Å². The summed E-state index contributed by atoms with van der Waals surface area (Å²) in [6.07, 6.45) is 0. The number of carbonyl (C=O) groups excluding carboxylic acids is 4. The summed E-state index contributed by atoms with van der Waals surface area (Å²) in [6, 6.07) is 12.7. The fourth-order valence-corrected chi connectivity index (χ4v) is 3.17. The number of nitrogens with zero attached hydrogens (tertiary/aromatic N) is 1. The molecule has 0 atom stereocenters. The second kappa shape index (κ2) is 8.66. The number of anilines is 1. The zero-order valence-corrected chi connectivity index (χ0v) is 17.2.